The minimum absolute atomic E-state index is 0.171. The van der Waals surface area contributed by atoms with Crippen LogP contribution in [0.5, 0.6) is 0 Å². The number of rotatable bonds is 5. The Morgan fingerprint density at radius 3 is 2.68 bits per heavy atom. The fourth-order valence-electron chi connectivity index (χ4n) is 2.27. The summed E-state index contributed by atoms with van der Waals surface area (Å²) in [5.41, 5.74) is 0.166. The average molecular weight is 261 g/mol. The van der Waals surface area contributed by atoms with Gasteiger partial charge in [0.1, 0.15) is 5.54 Å². The Kier molecular flexibility index (Phi) is 4.02. The summed E-state index contributed by atoms with van der Waals surface area (Å²) in [6.45, 7) is 6.05. The summed E-state index contributed by atoms with van der Waals surface area (Å²) < 4.78 is 5.62. The van der Waals surface area contributed by atoms with Crippen molar-refractivity contribution in [1.82, 2.24) is 5.32 Å². The summed E-state index contributed by atoms with van der Waals surface area (Å²) >= 11 is 0. The molecule has 1 aromatic carbocycles. The Morgan fingerprint density at radius 1 is 1.47 bits per heavy atom. The number of amides is 1. The molecule has 1 aliphatic heterocycles. The number of ether oxygens (including phenoxy) is 1. The van der Waals surface area contributed by atoms with Crippen LogP contribution in [-0.4, -0.2) is 29.3 Å². The molecular weight excluding hydrogens is 242 g/mol. The van der Waals surface area contributed by atoms with Gasteiger partial charge < -0.3 is 15.2 Å². The van der Waals surface area contributed by atoms with Crippen LogP contribution in [0.4, 0.5) is 0 Å². The van der Waals surface area contributed by atoms with E-state index in [1.54, 1.807) is 13.0 Å². The molecule has 0 aromatic heterocycles. The van der Waals surface area contributed by atoms with E-state index in [2.05, 4.69) is 11.9 Å². The lowest BCUT2D eigenvalue weighted by atomic mass is 9.91. The van der Waals surface area contributed by atoms with Gasteiger partial charge in [-0.05, 0) is 5.56 Å². The first-order valence-corrected chi connectivity index (χ1v) is 6.34. The van der Waals surface area contributed by atoms with E-state index >= 15 is 0 Å². The second-order valence-corrected chi connectivity index (χ2v) is 4.95. The minimum Gasteiger partial charge on any atom is -0.389 e. The summed E-state index contributed by atoms with van der Waals surface area (Å²) in [5.74, 6) is -0.617. The average Bonchev–Trinajstić information content (AvgIpc) is 2.65. The predicted octanol–water partition coefficient (Wildman–Crippen LogP) is 1.25. The van der Waals surface area contributed by atoms with E-state index < -0.39 is 17.6 Å². The van der Waals surface area contributed by atoms with Crippen LogP contribution in [0.15, 0.2) is 43.0 Å². The SMILES string of the molecule is C=C[C@]1(COCc2ccccc2)NC(=O)[C@H](C)[C@@H]1O. The summed E-state index contributed by atoms with van der Waals surface area (Å²) in [6, 6.07) is 9.75. The molecule has 0 bridgehead atoms. The number of nitrogens with one attached hydrogen (secondary N) is 1. The molecule has 2 rings (SSSR count). The lowest BCUT2D eigenvalue weighted by molar-refractivity contribution is -0.123. The van der Waals surface area contributed by atoms with E-state index in [0.29, 0.717) is 6.61 Å². The van der Waals surface area contributed by atoms with Crippen molar-refractivity contribution in [3.8, 4) is 0 Å². The van der Waals surface area contributed by atoms with Gasteiger partial charge in [-0.15, -0.1) is 6.58 Å². The van der Waals surface area contributed by atoms with Crippen LogP contribution < -0.4 is 5.32 Å². The summed E-state index contributed by atoms with van der Waals surface area (Å²) in [7, 11) is 0. The van der Waals surface area contributed by atoms with Gasteiger partial charge >= 0.3 is 0 Å². The van der Waals surface area contributed by atoms with Crippen molar-refractivity contribution in [3.63, 3.8) is 0 Å². The van der Waals surface area contributed by atoms with Crippen LogP contribution in [0.1, 0.15) is 12.5 Å². The van der Waals surface area contributed by atoms with Crippen LogP contribution in [-0.2, 0) is 16.1 Å². The number of carbonyl (C=O) groups excluding carboxylic acids is 1. The molecule has 2 N–H and O–H groups in total. The number of aliphatic hydroxyl groups is 1. The lowest BCUT2D eigenvalue weighted by Gasteiger charge is -2.29. The Labute approximate surface area is 113 Å². The highest BCUT2D eigenvalue weighted by atomic mass is 16.5. The van der Waals surface area contributed by atoms with Crippen LogP contribution in [0.3, 0.4) is 0 Å². The molecule has 0 radical (unpaired) electrons. The molecule has 1 saturated heterocycles. The number of hydrogen-bond donors (Lipinski definition) is 2. The van der Waals surface area contributed by atoms with Crippen LogP contribution in [0.25, 0.3) is 0 Å². The maximum atomic E-state index is 11.6. The highest BCUT2D eigenvalue weighted by molar-refractivity contribution is 5.83. The third-order valence-corrected chi connectivity index (χ3v) is 3.59. The number of carbonyl (C=O) groups is 1. The van der Waals surface area contributed by atoms with E-state index in [9.17, 15) is 9.90 Å². The highest BCUT2D eigenvalue weighted by Crippen LogP contribution is 2.27. The molecule has 1 aliphatic rings. The normalized spacial score (nSPS) is 30.1. The first-order valence-electron chi connectivity index (χ1n) is 6.34. The van der Waals surface area contributed by atoms with Gasteiger partial charge in [0.2, 0.25) is 5.91 Å². The van der Waals surface area contributed by atoms with Crippen molar-refractivity contribution in [2.75, 3.05) is 6.61 Å². The summed E-state index contributed by atoms with van der Waals surface area (Å²) in [5, 5.41) is 12.9. The smallest absolute Gasteiger partial charge is 0.226 e. The van der Waals surface area contributed by atoms with Crippen LogP contribution in [0, 0.1) is 5.92 Å². The number of aliphatic hydroxyl groups excluding tert-OH is 1. The second kappa shape index (κ2) is 5.55. The fraction of sp³-hybridized carbons (Fsp3) is 0.400. The standard InChI is InChI=1S/C15H19NO3/c1-3-15(13(17)11(2)14(18)16-15)10-19-9-12-7-5-4-6-8-12/h3-8,11,13,17H,1,9-10H2,2H3,(H,16,18)/t11-,13+,15-/m1/s1. The Bertz CT molecular complexity index is 460. The van der Waals surface area contributed by atoms with Crippen molar-refractivity contribution >= 4 is 5.91 Å². The second-order valence-electron chi connectivity index (χ2n) is 4.95. The monoisotopic (exact) mass is 261 g/mol. The minimum atomic E-state index is -0.884. The molecule has 1 aromatic rings. The third kappa shape index (κ3) is 2.69. The van der Waals surface area contributed by atoms with Gasteiger partial charge in [-0.1, -0.05) is 43.3 Å². The van der Waals surface area contributed by atoms with Gasteiger partial charge in [-0.2, -0.15) is 0 Å². The van der Waals surface area contributed by atoms with E-state index in [4.69, 9.17) is 4.74 Å². The molecule has 0 spiro atoms. The maximum absolute atomic E-state index is 11.6. The first-order chi connectivity index (χ1) is 9.09. The van der Waals surface area contributed by atoms with Crippen molar-refractivity contribution in [1.29, 1.82) is 0 Å². The molecule has 0 aliphatic carbocycles. The molecule has 3 atom stereocenters. The van der Waals surface area contributed by atoms with E-state index in [1.807, 2.05) is 30.3 Å². The first kappa shape index (κ1) is 13.8. The molecule has 4 nitrogen and oxygen atoms in total. The van der Waals surface area contributed by atoms with Gasteiger partial charge in [0.25, 0.3) is 0 Å². The number of hydrogen-bond acceptors (Lipinski definition) is 3. The zero-order valence-electron chi connectivity index (χ0n) is 11.0. The van der Waals surface area contributed by atoms with Crippen molar-refractivity contribution < 1.29 is 14.6 Å². The molecular formula is C15H19NO3. The molecule has 102 valence electrons. The maximum Gasteiger partial charge on any atom is 0.226 e. The Balaban J connectivity index is 1.97. The van der Waals surface area contributed by atoms with E-state index in [1.165, 1.54) is 0 Å². The summed E-state index contributed by atoms with van der Waals surface area (Å²) in [4.78, 5) is 11.6. The van der Waals surface area contributed by atoms with Crippen molar-refractivity contribution in [2.24, 2.45) is 5.92 Å². The molecule has 4 heteroatoms. The molecule has 19 heavy (non-hydrogen) atoms. The quantitative estimate of drug-likeness (QED) is 0.784. The van der Waals surface area contributed by atoms with Gasteiger partial charge in [0.05, 0.1) is 25.2 Å². The molecule has 1 fully saturated rings. The van der Waals surface area contributed by atoms with Gasteiger partial charge in [-0.25, -0.2) is 0 Å². The van der Waals surface area contributed by atoms with Crippen molar-refractivity contribution in [3.05, 3.63) is 48.6 Å². The molecule has 1 heterocycles. The highest BCUT2D eigenvalue weighted by Gasteiger charge is 2.48. The largest absolute Gasteiger partial charge is 0.389 e. The van der Waals surface area contributed by atoms with Crippen LogP contribution in [0.2, 0.25) is 0 Å². The fourth-order valence-corrected chi connectivity index (χ4v) is 2.27. The molecule has 0 saturated carbocycles. The zero-order chi connectivity index (χ0) is 13.9. The van der Waals surface area contributed by atoms with E-state index in [0.717, 1.165) is 5.56 Å². The number of benzene rings is 1. The predicted molar refractivity (Wildman–Crippen MR) is 72.3 cm³/mol. The van der Waals surface area contributed by atoms with Gasteiger partial charge in [0.15, 0.2) is 0 Å². The van der Waals surface area contributed by atoms with Gasteiger partial charge in [0, 0.05) is 0 Å². The third-order valence-electron chi connectivity index (χ3n) is 3.59. The molecule has 0 unspecified atom stereocenters. The Morgan fingerprint density at radius 2 is 2.16 bits per heavy atom. The van der Waals surface area contributed by atoms with E-state index in [-0.39, 0.29) is 12.5 Å². The van der Waals surface area contributed by atoms with Gasteiger partial charge in [-0.3, -0.25) is 4.79 Å². The van der Waals surface area contributed by atoms with Crippen LogP contribution >= 0.6 is 0 Å². The van der Waals surface area contributed by atoms with Crippen molar-refractivity contribution in [2.45, 2.75) is 25.2 Å². The zero-order valence-corrected chi connectivity index (χ0v) is 11.0. The summed E-state index contributed by atoms with van der Waals surface area (Å²) in [6.07, 6.45) is 0.748. The lowest BCUT2D eigenvalue weighted by Crippen LogP contribution is -2.51. The molecule has 1 amide bonds. The Hall–Kier alpha value is -1.65. The topological polar surface area (TPSA) is 58.6 Å².